The molecule has 0 aliphatic heterocycles. The summed E-state index contributed by atoms with van der Waals surface area (Å²) < 4.78 is 9.81. The van der Waals surface area contributed by atoms with Gasteiger partial charge in [-0.3, -0.25) is 0 Å². The Morgan fingerprint density at radius 1 is 0.667 bits per heavy atom. The first-order valence-corrected chi connectivity index (χ1v) is 6.44. The van der Waals surface area contributed by atoms with E-state index in [9.17, 15) is 19.8 Å². The van der Waals surface area contributed by atoms with Crippen LogP contribution in [-0.2, 0) is 9.47 Å². The summed E-state index contributed by atoms with van der Waals surface area (Å²) in [4.78, 5) is 23.2. The van der Waals surface area contributed by atoms with Gasteiger partial charge >= 0.3 is 71.1 Å². The number of hydrogen-bond acceptors (Lipinski definition) is 6. The molecule has 2 aromatic rings. The van der Waals surface area contributed by atoms with Crippen LogP contribution in [-0.4, -0.2) is 25.2 Å². The van der Waals surface area contributed by atoms with Crippen molar-refractivity contribution in [2.45, 2.75) is 0 Å². The van der Waals surface area contributed by atoms with Gasteiger partial charge in [-0.1, -0.05) is 24.3 Å². The molecule has 0 aromatic heterocycles. The molecule has 0 spiro atoms. The Hall–Kier alpha value is -1.02. The van der Waals surface area contributed by atoms with Crippen LogP contribution < -0.4 is 69.3 Å². The smallest absolute Gasteiger partial charge is 0.872 e. The third-order valence-electron chi connectivity index (χ3n) is 2.73. The number of esters is 2. The van der Waals surface area contributed by atoms with Gasteiger partial charge in [0.25, 0.3) is 0 Å². The Morgan fingerprint density at radius 2 is 0.958 bits per heavy atom. The quantitative estimate of drug-likeness (QED) is 0.305. The Kier molecular flexibility index (Phi) is 11.0. The van der Waals surface area contributed by atoms with Crippen LogP contribution in [0, 0.1) is 0 Å². The van der Waals surface area contributed by atoms with Crippen molar-refractivity contribution in [2.75, 3.05) is 13.2 Å². The first-order valence-electron chi connectivity index (χ1n) is 6.44. The Bertz CT molecular complexity index is 596. The molecule has 0 amide bonds. The minimum atomic E-state index is -0.605. The molecule has 0 saturated carbocycles. The summed E-state index contributed by atoms with van der Waals surface area (Å²) in [7, 11) is 0. The third kappa shape index (κ3) is 7.25. The molecule has 0 heterocycles. The normalized spacial score (nSPS) is 9.17. The molecule has 0 bridgehead atoms. The van der Waals surface area contributed by atoms with Crippen LogP contribution in [0.3, 0.4) is 0 Å². The second-order valence-corrected chi connectivity index (χ2v) is 4.32. The van der Waals surface area contributed by atoms with Crippen LogP contribution in [0.5, 0.6) is 11.5 Å². The molecule has 0 atom stereocenters. The fourth-order valence-electron chi connectivity index (χ4n) is 1.62. The number of carbonyl (C=O) groups excluding carboxylic acids is 2. The van der Waals surface area contributed by atoms with Crippen molar-refractivity contribution in [3.05, 3.63) is 59.7 Å². The third-order valence-corrected chi connectivity index (χ3v) is 2.73. The van der Waals surface area contributed by atoms with Gasteiger partial charge in [0.05, 0.1) is 11.1 Å². The molecule has 0 radical (unpaired) electrons. The molecule has 0 saturated heterocycles. The molecule has 2 aromatic carbocycles. The summed E-state index contributed by atoms with van der Waals surface area (Å²) in [6.45, 7) is -0.216. The largest absolute Gasteiger partial charge is 1.00 e. The standard InChI is InChI=1S/C16H14O6.2Na/c17-13-5-1-11(2-6-13)15(19)21-9-10-22-16(20)12-3-7-14(18)8-4-12;;/h1-8,17-18H,9-10H2;;/q;2*+1/p-2. The molecule has 0 fully saturated rings. The summed E-state index contributed by atoms with van der Waals surface area (Å²) in [6, 6.07) is 10.5. The van der Waals surface area contributed by atoms with E-state index < -0.39 is 11.9 Å². The molecule has 24 heavy (non-hydrogen) atoms. The van der Waals surface area contributed by atoms with Crippen molar-refractivity contribution < 1.29 is 88.4 Å². The number of hydrogen-bond donors (Lipinski definition) is 0. The summed E-state index contributed by atoms with van der Waals surface area (Å²) in [5.74, 6) is -1.61. The fraction of sp³-hybridized carbons (Fsp3) is 0.125. The summed E-state index contributed by atoms with van der Waals surface area (Å²) in [5.41, 5.74) is 0.494. The van der Waals surface area contributed by atoms with E-state index in [4.69, 9.17) is 9.47 Å². The molecule has 0 N–H and O–H groups in total. The number of rotatable bonds is 5. The van der Waals surface area contributed by atoms with Crippen LogP contribution in [0.15, 0.2) is 48.5 Å². The second-order valence-electron chi connectivity index (χ2n) is 4.32. The number of benzene rings is 2. The van der Waals surface area contributed by atoms with Crippen LogP contribution in [0.25, 0.3) is 0 Å². The Balaban J connectivity index is 0.00000264. The van der Waals surface area contributed by atoms with E-state index in [-0.39, 0.29) is 95.0 Å². The maximum atomic E-state index is 11.6. The minimum Gasteiger partial charge on any atom is -0.872 e. The van der Waals surface area contributed by atoms with Crippen LogP contribution in [0.2, 0.25) is 0 Å². The second kappa shape index (κ2) is 11.5. The van der Waals surface area contributed by atoms with Gasteiger partial charge in [-0.25, -0.2) is 9.59 Å². The fourth-order valence-corrected chi connectivity index (χ4v) is 1.62. The molecule has 0 unspecified atom stereocenters. The minimum absolute atomic E-state index is 0. The monoisotopic (exact) mass is 346 g/mol. The van der Waals surface area contributed by atoms with Gasteiger partial charge in [0.2, 0.25) is 0 Å². The van der Waals surface area contributed by atoms with E-state index in [0.717, 1.165) is 0 Å². The Morgan fingerprint density at radius 3 is 1.25 bits per heavy atom. The first kappa shape index (κ1) is 23.0. The van der Waals surface area contributed by atoms with E-state index in [1.807, 2.05) is 0 Å². The van der Waals surface area contributed by atoms with E-state index in [0.29, 0.717) is 0 Å². The van der Waals surface area contributed by atoms with Gasteiger partial charge in [-0.2, -0.15) is 0 Å². The molecule has 8 heteroatoms. The van der Waals surface area contributed by atoms with Gasteiger partial charge in [-0.05, 0) is 24.3 Å². The summed E-state index contributed by atoms with van der Waals surface area (Å²) in [5, 5.41) is 21.8. The van der Waals surface area contributed by atoms with E-state index in [1.165, 1.54) is 48.5 Å². The molecule has 0 aliphatic rings. The SMILES string of the molecule is O=C(OCCOC(=O)c1ccc([O-])cc1)c1ccc([O-])cc1.[Na+].[Na+]. The first-order chi connectivity index (χ1) is 10.6. The van der Waals surface area contributed by atoms with Gasteiger partial charge in [0, 0.05) is 0 Å². The zero-order valence-corrected chi connectivity index (χ0v) is 17.5. The zero-order valence-electron chi connectivity index (χ0n) is 13.5. The summed E-state index contributed by atoms with van der Waals surface area (Å²) >= 11 is 0. The van der Waals surface area contributed by atoms with E-state index in [1.54, 1.807) is 0 Å². The molecule has 6 nitrogen and oxygen atoms in total. The predicted octanol–water partition coefficient (Wildman–Crippen LogP) is -5.14. The van der Waals surface area contributed by atoms with Gasteiger partial charge in [0.15, 0.2) is 0 Å². The number of carbonyl (C=O) groups is 2. The average molecular weight is 346 g/mol. The van der Waals surface area contributed by atoms with E-state index >= 15 is 0 Å². The molecular formula is C16H12Na2O6. The van der Waals surface area contributed by atoms with E-state index in [2.05, 4.69) is 0 Å². The van der Waals surface area contributed by atoms with Crippen LogP contribution in [0.4, 0.5) is 0 Å². The Labute approximate surface area is 183 Å². The van der Waals surface area contributed by atoms with Crippen LogP contribution >= 0.6 is 0 Å². The maximum Gasteiger partial charge on any atom is 1.00 e. The van der Waals surface area contributed by atoms with Crippen molar-refractivity contribution >= 4 is 11.9 Å². The molecule has 2 rings (SSSR count). The topological polar surface area (TPSA) is 98.7 Å². The molecular weight excluding hydrogens is 334 g/mol. The summed E-state index contributed by atoms with van der Waals surface area (Å²) in [6.07, 6.45) is 0. The number of ether oxygens (including phenoxy) is 2. The maximum absolute atomic E-state index is 11.6. The molecule has 0 aliphatic carbocycles. The zero-order chi connectivity index (χ0) is 15.9. The van der Waals surface area contributed by atoms with Gasteiger partial charge < -0.3 is 19.7 Å². The molecule has 114 valence electrons. The van der Waals surface area contributed by atoms with Crippen molar-refractivity contribution in [1.29, 1.82) is 0 Å². The van der Waals surface area contributed by atoms with Crippen molar-refractivity contribution in [3.8, 4) is 11.5 Å². The van der Waals surface area contributed by atoms with Crippen molar-refractivity contribution in [2.24, 2.45) is 0 Å². The van der Waals surface area contributed by atoms with Gasteiger partial charge in [-0.15, -0.1) is 11.5 Å². The van der Waals surface area contributed by atoms with Crippen molar-refractivity contribution in [3.63, 3.8) is 0 Å². The average Bonchev–Trinajstić information content (AvgIpc) is 2.52. The predicted molar refractivity (Wildman–Crippen MR) is 72.3 cm³/mol. The van der Waals surface area contributed by atoms with Crippen LogP contribution in [0.1, 0.15) is 20.7 Å². The van der Waals surface area contributed by atoms with Crippen molar-refractivity contribution in [1.82, 2.24) is 0 Å². The van der Waals surface area contributed by atoms with Gasteiger partial charge in [0.1, 0.15) is 13.2 Å².